The molecule has 4 nitrogen and oxygen atoms in total. The molecule has 1 aliphatic rings. The van der Waals surface area contributed by atoms with Gasteiger partial charge in [-0.2, -0.15) is 13.2 Å². The van der Waals surface area contributed by atoms with Crippen LogP contribution in [0.3, 0.4) is 0 Å². The summed E-state index contributed by atoms with van der Waals surface area (Å²) in [5, 5.41) is 7.12. The molecule has 0 bridgehead atoms. The largest absolute Gasteiger partial charge is 0.490 e. The highest BCUT2D eigenvalue weighted by Crippen LogP contribution is 2.17. The van der Waals surface area contributed by atoms with Gasteiger partial charge >= 0.3 is 12.1 Å². The van der Waals surface area contributed by atoms with Crippen molar-refractivity contribution >= 4 is 11.8 Å². The highest BCUT2D eigenvalue weighted by Gasteiger charge is 2.38. The SMILES string of the molecule is Cc1ccnc(N2CCCCCC2)c1.O=C(O)C(F)(F)F. The molecule has 118 valence electrons. The molecule has 7 heteroatoms. The van der Waals surface area contributed by atoms with Crippen LogP contribution in [-0.4, -0.2) is 35.3 Å². The van der Waals surface area contributed by atoms with E-state index in [0.717, 1.165) is 5.82 Å². The molecule has 2 heterocycles. The minimum atomic E-state index is -5.08. The Balaban J connectivity index is 0.000000270. The lowest BCUT2D eigenvalue weighted by Crippen LogP contribution is -2.24. The number of aryl methyl sites for hydroxylation is 1. The zero-order valence-electron chi connectivity index (χ0n) is 11.9. The van der Waals surface area contributed by atoms with Crippen LogP contribution in [0.15, 0.2) is 18.3 Å². The number of aromatic nitrogens is 1. The highest BCUT2D eigenvalue weighted by molar-refractivity contribution is 5.73. The number of anilines is 1. The van der Waals surface area contributed by atoms with E-state index in [4.69, 9.17) is 9.90 Å². The average molecular weight is 304 g/mol. The van der Waals surface area contributed by atoms with Gasteiger partial charge in [-0.3, -0.25) is 0 Å². The van der Waals surface area contributed by atoms with Crippen LogP contribution >= 0.6 is 0 Å². The topological polar surface area (TPSA) is 53.4 Å². The third kappa shape index (κ3) is 6.46. The minimum absolute atomic E-state index is 1.16. The van der Waals surface area contributed by atoms with Gasteiger partial charge < -0.3 is 10.0 Å². The van der Waals surface area contributed by atoms with E-state index in [1.807, 2.05) is 6.20 Å². The number of hydrogen-bond acceptors (Lipinski definition) is 3. The van der Waals surface area contributed by atoms with Crippen molar-refractivity contribution in [1.29, 1.82) is 0 Å². The van der Waals surface area contributed by atoms with Crippen LogP contribution in [0.1, 0.15) is 31.2 Å². The van der Waals surface area contributed by atoms with Crippen molar-refractivity contribution in [1.82, 2.24) is 4.98 Å². The van der Waals surface area contributed by atoms with Gasteiger partial charge in [-0.05, 0) is 37.5 Å². The van der Waals surface area contributed by atoms with Crippen molar-refractivity contribution in [3.05, 3.63) is 23.9 Å². The van der Waals surface area contributed by atoms with Gasteiger partial charge in [0.15, 0.2) is 0 Å². The van der Waals surface area contributed by atoms with E-state index in [1.165, 1.54) is 44.3 Å². The zero-order chi connectivity index (χ0) is 15.9. The van der Waals surface area contributed by atoms with Crippen molar-refractivity contribution in [2.24, 2.45) is 0 Å². The van der Waals surface area contributed by atoms with Crippen molar-refractivity contribution in [2.45, 2.75) is 38.8 Å². The zero-order valence-corrected chi connectivity index (χ0v) is 11.9. The van der Waals surface area contributed by atoms with Gasteiger partial charge in [0.1, 0.15) is 5.82 Å². The average Bonchev–Trinajstić information content (AvgIpc) is 2.67. The summed E-state index contributed by atoms with van der Waals surface area (Å²) >= 11 is 0. The molecular weight excluding hydrogens is 285 g/mol. The Kier molecular flexibility index (Phi) is 6.45. The molecule has 2 rings (SSSR count). The number of carbonyl (C=O) groups is 1. The number of alkyl halides is 3. The van der Waals surface area contributed by atoms with E-state index in [1.54, 1.807) is 0 Å². The summed E-state index contributed by atoms with van der Waals surface area (Å²) in [5.41, 5.74) is 1.30. The van der Waals surface area contributed by atoms with E-state index >= 15 is 0 Å². The Morgan fingerprint density at radius 3 is 2.19 bits per heavy atom. The van der Waals surface area contributed by atoms with Crippen LogP contribution in [0.25, 0.3) is 0 Å². The first kappa shape index (κ1) is 17.3. The number of halogens is 3. The number of nitrogens with zero attached hydrogens (tertiary/aromatic N) is 2. The summed E-state index contributed by atoms with van der Waals surface area (Å²) in [6, 6.07) is 4.24. The maximum Gasteiger partial charge on any atom is 0.490 e. The number of hydrogen-bond donors (Lipinski definition) is 1. The van der Waals surface area contributed by atoms with Gasteiger partial charge in [0.05, 0.1) is 0 Å². The number of pyridine rings is 1. The van der Waals surface area contributed by atoms with Crippen molar-refractivity contribution < 1.29 is 23.1 Å². The van der Waals surface area contributed by atoms with Crippen LogP contribution in [0.5, 0.6) is 0 Å². The first-order chi connectivity index (χ1) is 9.80. The fourth-order valence-corrected chi connectivity index (χ4v) is 1.99. The summed E-state index contributed by atoms with van der Waals surface area (Å²) < 4.78 is 31.7. The standard InChI is InChI=1S/C12H18N2.C2HF3O2/c1-11-6-7-13-12(10-11)14-8-4-2-3-5-9-14;3-2(4,5)1(6)7/h6-7,10H,2-5,8-9H2,1H3;(H,6,7). The lowest BCUT2D eigenvalue weighted by molar-refractivity contribution is -0.192. The molecule has 1 aliphatic heterocycles. The summed E-state index contributed by atoms with van der Waals surface area (Å²) in [6.45, 7) is 4.48. The van der Waals surface area contributed by atoms with E-state index in [0.29, 0.717) is 0 Å². The fourth-order valence-electron chi connectivity index (χ4n) is 1.99. The summed E-state index contributed by atoms with van der Waals surface area (Å²) in [7, 11) is 0. The third-order valence-electron chi connectivity index (χ3n) is 3.07. The molecule has 0 spiro atoms. The molecule has 1 aromatic heterocycles. The monoisotopic (exact) mass is 304 g/mol. The van der Waals surface area contributed by atoms with Crippen LogP contribution in [-0.2, 0) is 4.79 Å². The van der Waals surface area contributed by atoms with Crippen molar-refractivity contribution in [3.8, 4) is 0 Å². The molecule has 1 N–H and O–H groups in total. The normalized spacial score (nSPS) is 15.7. The van der Waals surface area contributed by atoms with Gasteiger partial charge in [-0.15, -0.1) is 0 Å². The Labute approximate surface area is 121 Å². The van der Waals surface area contributed by atoms with Gasteiger partial charge in [0.2, 0.25) is 0 Å². The quantitative estimate of drug-likeness (QED) is 0.864. The maximum atomic E-state index is 10.6. The minimum Gasteiger partial charge on any atom is -0.475 e. The van der Waals surface area contributed by atoms with Crippen LogP contribution in [0.2, 0.25) is 0 Å². The molecule has 1 fully saturated rings. The van der Waals surface area contributed by atoms with Crippen LogP contribution in [0, 0.1) is 6.92 Å². The predicted octanol–water partition coefficient (Wildman–Crippen LogP) is 3.40. The number of carboxylic acids is 1. The summed E-state index contributed by atoms with van der Waals surface area (Å²) in [6.07, 6.45) is 2.21. The molecule has 1 saturated heterocycles. The van der Waals surface area contributed by atoms with Crippen molar-refractivity contribution in [3.63, 3.8) is 0 Å². The van der Waals surface area contributed by atoms with Gasteiger partial charge in [0.25, 0.3) is 0 Å². The molecule has 21 heavy (non-hydrogen) atoms. The Bertz CT molecular complexity index is 456. The molecule has 0 amide bonds. The smallest absolute Gasteiger partial charge is 0.475 e. The number of aliphatic carboxylic acids is 1. The van der Waals surface area contributed by atoms with Crippen LogP contribution in [0.4, 0.5) is 19.0 Å². The second kappa shape index (κ2) is 7.85. The van der Waals surface area contributed by atoms with E-state index in [-0.39, 0.29) is 0 Å². The molecule has 0 saturated carbocycles. The lowest BCUT2D eigenvalue weighted by Gasteiger charge is -2.21. The van der Waals surface area contributed by atoms with E-state index < -0.39 is 12.1 Å². The van der Waals surface area contributed by atoms with Crippen molar-refractivity contribution in [2.75, 3.05) is 18.0 Å². The molecule has 0 aliphatic carbocycles. The molecule has 0 aromatic carbocycles. The first-order valence-corrected chi connectivity index (χ1v) is 6.78. The molecule has 1 aromatic rings. The maximum absolute atomic E-state index is 10.6. The molecular formula is C14H19F3N2O2. The number of carboxylic acid groups (broad SMARTS) is 1. The predicted molar refractivity (Wildman–Crippen MR) is 73.3 cm³/mol. The summed E-state index contributed by atoms with van der Waals surface area (Å²) in [4.78, 5) is 15.7. The highest BCUT2D eigenvalue weighted by atomic mass is 19.4. The Hall–Kier alpha value is -1.79. The molecule has 0 radical (unpaired) electrons. The second-order valence-corrected chi connectivity index (χ2v) is 4.90. The Morgan fingerprint density at radius 2 is 1.76 bits per heavy atom. The van der Waals surface area contributed by atoms with E-state index in [2.05, 4.69) is 28.9 Å². The lowest BCUT2D eigenvalue weighted by atomic mass is 10.2. The van der Waals surface area contributed by atoms with E-state index in [9.17, 15) is 13.2 Å². The second-order valence-electron chi connectivity index (χ2n) is 4.90. The third-order valence-corrected chi connectivity index (χ3v) is 3.07. The van der Waals surface area contributed by atoms with Gasteiger partial charge in [-0.25, -0.2) is 9.78 Å². The van der Waals surface area contributed by atoms with Crippen LogP contribution < -0.4 is 4.90 Å². The van der Waals surface area contributed by atoms with Gasteiger partial charge in [-0.1, -0.05) is 12.8 Å². The number of rotatable bonds is 1. The van der Waals surface area contributed by atoms with Gasteiger partial charge in [0, 0.05) is 19.3 Å². The molecule has 0 unspecified atom stereocenters. The Morgan fingerprint density at radius 1 is 1.24 bits per heavy atom. The summed E-state index contributed by atoms with van der Waals surface area (Å²) in [5.74, 6) is -1.60. The molecule has 0 atom stereocenters. The first-order valence-electron chi connectivity index (χ1n) is 6.78. The fraction of sp³-hybridized carbons (Fsp3) is 0.571.